The summed E-state index contributed by atoms with van der Waals surface area (Å²) < 4.78 is 1.17. The molecule has 0 atom stereocenters. The number of nitrogens with zero attached hydrogens (tertiary/aromatic N) is 4. The van der Waals surface area contributed by atoms with Crippen LogP contribution in [-0.2, 0) is 4.79 Å². The highest BCUT2D eigenvalue weighted by atomic mass is 32.2. The van der Waals surface area contributed by atoms with Crippen molar-refractivity contribution in [2.24, 2.45) is 5.92 Å². The molecule has 1 aromatic rings. The van der Waals surface area contributed by atoms with Gasteiger partial charge in [0, 0.05) is 44.4 Å². The minimum atomic E-state index is -0.0127. The number of rotatable bonds is 7. The second kappa shape index (κ2) is 13.3. The Morgan fingerprint density at radius 3 is 2.34 bits per heavy atom. The Labute approximate surface area is 219 Å². The number of thiazole rings is 1. The fourth-order valence-electron chi connectivity index (χ4n) is 5.78. The van der Waals surface area contributed by atoms with Crippen LogP contribution in [0.1, 0.15) is 78.1 Å². The van der Waals surface area contributed by atoms with Crippen LogP contribution in [0.3, 0.4) is 0 Å². The number of hydrogen-bond acceptors (Lipinski definition) is 6. The Hall–Kier alpha value is -1.32. The van der Waals surface area contributed by atoms with Gasteiger partial charge in [-0.1, -0.05) is 31.1 Å². The van der Waals surface area contributed by atoms with Crippen LogP contribution in [0.2, 0.25) is 0 Å². The van der Waals surface area contributed by atoms with E-state index in [4.69, 9.17) is 0 Å². The number of hydrogen-bond donors (Lipinski definition) is 1. The van der Waals surface area contributed by atoms with Gasteiger partial charge in [-0.05, 0) is 70.4 Å². The first-order valence-electron chi connectivity index (χ1n) is 13.7. The molecule has 3 heterocycles. The van der Waals surface area contributed by atoms with Crippen molar-refractivity contribution in [2.45, 2.75) is 94.3 Å². The van der Waals surface area contributed by atoms with Crippen molar-refractivity contribution in [3.05, 3.63) is 6.20 Å². The van der Waals surface area contributed by atoms with Crippen LogP contribution in [-0.4, -0.2) is 82.2 Å². The highest BCUT2D eigenvalue weighted by Crippen LogP contribution is 2.33. The normalized spacial score (nSPS) is 24.7. The molecule has 3 amide bonds. The molecular weight excluding hydrogens is 478 g/mol. The smallest absolute Gasteiger partial charge is 0.324 e. The summed E-state index contributed by atoms with van der Waals surface area (Å²) in [5.41, 5.74) is 0. The molecule has 1 aliphatic carbocycles. The van der Waals surface area contributed by atoms with E-state index < -0.39 is 0 Å². The van der Waals surface area contributed by atoms with Crippen molar-refractivity contribution in [2.75, 3.05) is 43.8 Å². The number of urea groups is 1. The Morgan fingerprint density at radius 1 is 1.03 bits per heavy atom. The molecule has 3 aliphatic rings. The molecule has 1 aromatic heterocycles. The molecule has 4 rings (SSSR count). The third-order valence-electron chi connectivity index (χ3n) is 7.97. The van der Waals surface area contributed by atoms with Crippen LogP contribution in [0, 0.1) is 5.92 Å². The molecule has 2 aliphatic heterocycles. The first kappa shape index (κ1) is 26.7. The summed E-state index contributed by atoms with van der Waals surface area (Å²) in [5, 5.41) is 3.84. The maximum Gasteiger partial charge on any atom is 0.324 e. The Bertz CT molecular complexity index is 810. The van der Waals surface area contributed by atoms with Gasteiger partial charge in [-0.15, -0.1) is 11.8 Å². The largest absolute Gasteiger partial charge is 0.343 e. The second-order valence-electron chi connectivity index (χ2n) is 10.6. The zero-order valence-electron chi connectivity index (χ0n) is 21.5. The number of likely N-dealkylation sites (tertiary alicyclic amines) is 2. The van der Waals surface area contributed by atoms with Crippen LogP contribution in [0.5, 0.6) is 0 Å². The van der Waals surface area contributed by atoms with Gasteiger partial charge >= 0.3 is 6.03 Å². The summed E-state index contributed by atoms with van der Waals surface area (Å²) in [6, 6.07) is 0.454. The van der Waals surface area contributed by atoms with Crippen molar-refractivity contribution in [1.82, 2.24) is 19.7 Å². The van der Waals surface area contributed by atoms with Gasteiger partial charge in [0.1, 0.15) is 0 Å². The van der Waals surface area contributed by atoms with E-state index >= 15 is 0 Å². The number of nitrogens with one attached hydrogen (secondary N) is 1. The Kier molecular flexibility index (Phi) is 10.2. The quantitative estimate of drug-likeness (QED) is 0.478. The number of amides is 3. The molecule has 3 fully saturated rings. The molecule has 196 valence electrons. The van der Waals surface area contributed by atoms with E-state index in [1.54, 1.807) is 18.3 Å². The molecule has 0 unspecified atom stereocenters. The van der Waals surface area contributed by atoms with E-state index in [1.165, 1.54) is 55.8 Å². The summed E-state index contributed by atoms with van der Waals surface area (Å²) in [4.78, 5) is 36.5. The molecule has 0 bridgehead atoms. The fourth-order valence-corrected chi connectivity index (χ4v) is 7.72. The van der Waals surface area contributed by atoms with Gasteiger partial charge in [-0.3, -0.25) is 10.1 Å². The van der Waals surface area contributed by atoms with Crippen LogP contribution >= 0.6 is 23.1 Å². The van der Waals surface area contributed by atoms with Gasteiger partial charge < -0.3 is 14.7 Å². The fraction of sp³-hybridized carbons (Fsp3) is 0.808. The summed E-state index contributed by atoms with van der Waals surface area (Å²) >= 11 is 3.44. The Balaban J connectivity index is 1.32. The summed E-state index contributed by atoms with van der Waals surface area (Å²) in [6.07, 6.45) is 13.5. The predicted octanol–water partition coefficient (Wildman–Crippen LogP) is 5.53. The van der Waals surface area contributed by atoms with Crippen LogP contribution < -0.4 is 5.32 Å². The van der Waals surface area contributed by atoms with Crippen LogP contribution in [0.15, 0.2) is 10.4 Å². The van der Waals surface area contributed by atoms with E-state index in [0.717, 1.165) is 57.0 Å². The molecule has 1 saturated carbocycles. The van der Waals surface area contributed by atoms with Crippen molar-refractivity contribution in [3.8, 4) is 0 Å². The molecule has 7 nitrogen and oxygen atoms in total. The van der Waals surface area contributed by atoms with Crippen LogP contribution in [0.4, 0.5) is 9.93 Å². The third-order valence-corrected chi connectivity index (χ3v) is 10.1. The zero-order chi connectivity index (χ0) is 24.6. The van der Waals surface area contributed by atoms with Gasteiger partial charge in [0.15, 0.2) is 5.13 Å². The number of carbonyl (C=O) groups is 2. The highest BCUT2D eigenvalue weighted by Gasteiger charge is 2.35. The molecule has 0 radical (unpaired) electrons. The van der Waals surface area contributed by atoms with E-state index in [0.29, 0.717) is 5.13 Å². The molecule has 1 N–H and O–H groups in total. The van der Waals surface area contributed by atoms with E-state index in [1.807, 2.05) is 22.9 Å². The molecule has 35 heavy (non-hydrogen) atoms. The summed E-state index contributed by atoms with van der Waals surface area (Å²) in [6.45, 7) is 9.01. The van der Waals surface area contributed by atoms with Crippen molar-refractivity contribution in [3.63, 3.8) is 0 Å². The van der Waals surface area contributed by atoms with Gasteiger partial charge in [0.05, 0.1) is 10.4 Å². The third kappa shape index (κ3) is 7.83. The molecule has 2 saturated heterocycles. The lowest BCUT2D eigenvalue weighted by Crippen LogP contribution is -2.54. The Morgan fingerprint density at radius 2 is 1.69 bits per heavy atom. The highest BCUT2D eigenvalue weighted by molar-refractivity contribution is 8.01. The topological polar surface area (TPSA) is 68.8 Å². The van der Waals surface area contributed by atoms with Gasteiger partial charge in [0.25, 0.3) is 0 Å². The first-order valence-corrected chi connectivity index (χ1v) is 15.5. The van der Waals surface area contributed by atoms with Crippen molar-refractivity contribution >= 4 is 40.2 Å². The molecular formula is C26H43N5O2S2. The minimum Gasteiger partial charge on any atom is -0.343 e. The van der Waals surface area contributed by atoms with Crippen molar-refractivity contribution < 1.29 is 9.59 Å². The number of thioether (sulfide) groups is 1. The lowest BCUT2D eigenvalue weighted by atomic mass is 9.85. The maximum atomic E-state index is 13.6. The standard InChI is InChI=1S/C26H43N5O2S2/c1-20-7-9-22(10-8-20)31(23-11-15-30(16-12-23)21(2)32)26(33)28-25-27-19-24(35-25)34-18-17-29-13-5-3-4-6-14-29/h19-20,22-23H,3-18H2,1-2H3,(H,27,28,33). The average Bonchev–Trinajstić information content (AvgIpc) is 3.12. The van der Waals surface area contributed by atoms with Crippen molar-refractivity contribution in [1.29, 1.82) is 0 Å². The second-order valence-corrected chi connectivity index (χ2v) is 13.0. The van der Waals surface area contributed by atoms with E-state index in [-0.39, 0.29) is 24.0 Å². The molecule has 9 heteroatoms. The lowest BCUT2D eigenvalue weighted by molar-refractivity contribution is -0.130. The van der Waals surface area contributed by atoms with Gasteiger partial charge in [-0.25, -0.2) is 9.78 Å². The van der Waals surface area contributed by atoms with E-state index in [2.05, 4.69) is 27.0 Å². The summed E-state index contributed by atoms with van der Waals surface area (Å²) in [5.74, 6) is 1.94. The molecule has 0 spiro atoms. The van der Waals surface area contributed by atoms with Gasteiger partial charge in [-0.2, -0.15) is 0 Å². The SMILES string of the molecule is CC(=O)N1CCC(N(C(=O)Nc2ncc(SCCN3CCCCCC3)s2)C2CCC(C)CC2)CC1. The minimum absolute atomic E-state index is 0.0127. The van der Waals surface area contributed by atoms with Crippen LogP contribution in [0.25, 0.3) is 0 Å². The van der Waals surface area contributed by atoms with Gasteiger partial charge in [0.2, 0.25) is 5.91 Å². The lowest BCUT2D eigenvalue weighted by Gasteiger charge is -2.44. The predicted molar refractivity (Wildman–Crippen MR) is 145 cm³/mol. The number of piperidine rings is 1. The summed E-state index contributed by atoms with van der Waals surface area (Å²) in [7, 11) is 0. The monoisotopic (exact) mass is 521 g/mol. The van der Waals surface area contributed by atoms with E-state index in [9.17, 15) is 9.59 Å². The zero-order valence-corrected chi connectivity index (χ0v) is 23.2. The average molecular weight is 522 g/mol. The number of carbonyl (C=O) groups excluding carboxylic acids is 2. The number of anilines is 1. The first-order chi connectivity index (χ1) is 17.0. The number of aromatic nitrogens is 1. The molecule has 0 aromatic carbocycles. The maximum absolute atomic E-state index is 13.6.